The zero-order chi connectivity index (χ0) is 15.0. The van der Waals surface area contributed by atoms with Gasteiger partial charge < -0.3 is 4.90 Å². The zero-order valence-electron chi connectivity index (χ0n) is 13.3. The van der Waals surface area contributed by atoms with E-state index < -0.39 is 0 Å². The summed E-state index contributed by atoms with van der Waals surface area (Å²) < 4.78 is 1.99. The van der Waals surface area contributed by atoms with Crippen molar-refractivity contribution in [3.8, 4) is 0 Å². The lowest BCUT2D eigenvalue weighted by Crippen LogP contribution is -2.40. The number of nitrogens with one attached hydrogen (secondary N) is 1. The van der Waals surface area contributed by atoms with E-state index in [1.807, 2.05) is 4.68 Å². The highest BCUT2D eigenvalue weighted by Gasteiger charge is 2.14. The van der Waals surface area contributed by atoms with Gasteiger partial charge in [-0.25, -0.2) is 9.67 Å². The standard InChI is InChI=1S/C14H30N6/c1-5-19(6-2)8-7-13(18-15)9-14-16-11-17-20(14)10-12(3)4/h11-13,18H,5-10,15H2,1-4H3. The summed E-state index contributed by atoms with van der Waals surface area (Å²) in [6.07, 6.45) is 3.48. The Hall–Kier alpha value is -0.980. The van der Waals surface area contributed by atoms with E-state index in [4.69, 9.17) is 5.84 Å². The number of hydrazine groups is 1. The minimum Gasteiger partial charge on any atom is -0.304 e. The Kier molecular flexibility index (Phi) is 7.72. The molecule has 1 heterocycles. The molecule has 0 fully saturated rings. The van der Waals surface area contributed by atoms with Crippen LogP contribution in [0, 0.1) is 5.92 Å². The third-order valence-corrected chi connectivity index (χ3v) is 3.59. The van der Waals surface area contributed by atoms with Crippen LogP contribution in [0.15, 0.2) is 6.33 Å². The van der Waals surface area contributed by atoms with Crippen molar-refractivity contribution in [2.45, 2.75) is 53.1 Å². The number of nitrogens with zero attached hydrogens (tertiary/aromatic N) is 4. The van der Waals surface area contributed by atoms with Gasteiger partial charge in [0.1, 0.15) is 12.2 Å². The smallest absolute Gasteiger partial charge is 0.138 e. The van der Waals surface area contributed by atoms with Crippen LogP contribution in [0.2, 0.25) is 0 Å². The average Bonchev–Trinajstić information content (AvgIpc) is 2.84. The average molecular weight is 282 g/mol. The summed E-state index contributed by atoms with van der Waals surface area (Å²) in [5.41, 5.74) is 2.92. The summed E-state index contributed by atoms with van der Waals surface area (Å²) in [6, 6.07) is 0.241. The highest BCUT2D eigenvalue weighted by molar-refractivity contribution is 4.90. The second-order valence-electron chi connectivity index (χ2n) is 5.64. The molecule has 0 saturated carbocycles. The Balaban J connectivity index is 2.53. The molecule has 0 aliphatic heterocycles. The first kappa shape index (κ1) is 17.1. The van der Waals surface area contributed by atoms with Crippen molar-refractivity contribution in [1.29, 1.82) is 0 Å². The maximum Gasteiger partial charge on any atom is 0.138 e. The lowest BCUT2D eigenvalue weighted by Gasteiger charge is -2.22. The van der Waals surface area contributed by atoms with E-state index in [1.54, 1.807) is 6.33 Å². The molecule has 1 atom stereocenters. The molecule has 1 rings (SSSR count). The molecule has 3 N–H and O–H groups in total. The highest BCUT2D eigenvalue weighted by atomic mass is 15.3. The largest absolute Gasteiger partial charge is 0.304 e. The van der Waals surface area contributed by atoms with E-state index in [2.05, 4.69) is 48.1 Å². The van der Waals surface area contributed by atoms with E-state index >= 15 is 0 Å². The maximum atomic E-state index is 5.68. The molecule has 1 aromatic rings. The number of aromatic nitrogens is 3. The molecule has 20 heavy (non-hydrogen) atoms. The van der Waals surface area contributed by atoms with Gasteiger partial charge in [-0.05, 0) is 32.0 Å². The SMILES string of the molecule is CCN(CC)CCC(Cc1ncnn1CC(C)C)NN. The number of hydrogen-bond donors (Lipinski definition) is 2. The predicted octanol–water partition coefficient (Wildman–Crippen LogP) is 1.04. The molecular weight excluding hydrogens is 252 g/mol. The number of nitrogens with two attached hydrogens (primary N) is 1. The van der Waals surface area contributed by atoms with Gasteiger partial charge in [-0.1, -0.05) is 27.7 Å². The number of hydrogen-bond acceptors (Lipinski definition) is 5. The number of rotatable bonds is 10. The van der Waals surface area contributed by atoms with Crippen molar-refractivity contribution in [3.63, 3.8) is 0 Å². The normalized spacial score (nSPS) is 13.3. The molecule has 0 saturated heterocycles. The molecule has 6 heteroatoms. The van der Waals surface area contributed by atoms with Crippen molar-refractivity contribution < 1.29 is 0 Å². The van der Waals surface area contributed by atoms with Crippen LogP contribution in [0.1, 0.15) is 39.9 Å². The molecule has 116 valence electrons. The van der Waals surface area contributed by atoms with E-state index in [-0.39, 0.29) is 6.04 Å². The molecule has 0 amide bonds. The van der Waals surface area contributed by atoms with Gasteiger partial charge in [0.2, 0.25) is 0 Å². The third kappa shape index (κ3) is 5.56. The Morgan fingerprint density at radius 2 is 2.05 bits per heavy atom. The summed E-state index contributed by atoms with van der Waals surface area (Å²) in [6.45, 7) is 12.9. The van der Waals surface area contributed by atoms with Crippen LogP contribution in [0.25, 0.3) is 0 Å². The van der Waals surface area contributed by atoms with Gasteiger partial charge in [-0.15, -0.1) is 0 Å². The lowest BCUT2D eigenvalue weighted by molar-refractivity contribution is 0.279. The Morgan fingerprint density at radius 1 is 1.35 bits per heavy atom. The molecule has 0 radical (unpaired) electrons. The van der Waals surface area contributed by atoms with Crippen LogP contribution in [0.4, 0.5) is 0 Å². The second kappa shape index (κ2) is 9.05. The predicted molar refractivity (Wildman–Crippen MR) is 82.1 cm³/mol. The van der Waals surface area contributed by atoms with Crippen LogP contribution >= 0.6 is 0 Å². The van der Waals surface area contributed by atoms with Crippen molar-refractivity contribution in [2.75, 3.05) is 19.6 Å². The van der Waals surface area contributed by atoms with Crippen molar-refractivity contribution in [3.05, 3.63) is 12.2 Å². The first-order valence-corrected chi connectivity index (χ1v) is 7.65. The lowest BCUT2D eigenvalue weighted by atomic mass is 10.1. The first-order valence-electron chi connectivity index (χ1n) is 7.65. The van der Waals surface area contributed by atoms with Crippen molar-refractivity contribution >= 4 is 0 Å². The fraction of sp³-hybridized carbons (Fsp3) is 0.857. The zero-order valence-corrected chi connectivity index (χ0v) is 13.3. The molecule has 0 aliphatic carbocycles. The molecule has 6 nitrogen and oxygen atoms in total. The summed E-state index contributed by atoms with van der Waals surface area (Å²) >= 11 is 0. The molecule has 0 spiro atoms. The van der Waals surface area contributed by atoms with E-state index in [9.17, 15) is 0 Å². The van der Waals surface area contributed by atoms with Gasteiger partial charge >= 0.3 is 0 Å². The highest BCUT2D eigenvalue weighted by Crippen LogP contribution is 2.06. The van der Waals surface area contributed by atoms with Gasteiger partial charge in [0.15, 0.2) is 0 Å². The van der Waals surface area contributed by atoms with Gasteiger partial charge in [-0.3, -0.25) is 11.3 Å². The molecule has 1 unspecified atom stereocenters. The van der Waals surface area contributed by atoms with Gasteiger partial charge in [0.05, 0.1) is 0 Å². The first-order chi connectivity index (χ1) is 9.60. The van der Waals surface area contributed by atoms with Crippen LogP contribution in [-0.4, -0.2) is 45.3 Å². The summed E-state index contributed by atoms with van der Waals surface area (Å²) in [5, 5.41) is 4.30. The van der Waals surface area contributed by atoms with Crippen LogP contribution in [0.3, 0.4) is 0 Å². The molecule has 0 aromatic carbocycles. The fourth-order valence-corrected chi connectivity index (χ4v) is 2.29. The van der Waals surface area contributed by atoms with Gasteiger partial charge in [0, 0.05) is 19.0 Å². The van der Waals surface area contributed by atoms with Crippen molar-refractivity contribution in [1.82, 2.24) is 25.1 Å². The van der Waals surface area contributed by atoms with Crippen LogP contribution in [-0.2, 0) is 13.0 Å². The Morgan fingerprint density at radius 3 is 2.60 bits per heavy atom. The maximum absolute atomic E-state index is 5.68. The minimum atomic E-state index is 0.241. The summed E-state index contributed by atoms with van der Waals surface area (Å²) in [7, 11) is 0. The van der Waals surface area contributed by atoms with Crippen LogP contribution < -0.4 is 11.3 Å². The van der Waals surface area contributed by atoms with E-state index in [1.165, 1.54) is 0 Å². The molecular formula is C14H30N6. The van der Waals surface area contributed by atoms with E-state index in [0.717, 1.165) is 44.8 Å². The molecule has 1 aromatic heterocycles. The summed E-state index contributed by atoms with van der Waals surface area (Å²) in [4.78, 5) is 6.77. The topological polar surface area (TPSA) is 72.0 Å². The Labute approximate surface area is 122 Å². The summed E-state index contributed by atoms with van der Waals surface area (Å²) in [5.74, 6) is 7.26. The monoisotopic (exact) mass is 282 g/mol. The fourth-order valence-electron chi connectivity index (χ4n) is 2.29. The van der Waals surface area contributed by atoms with E-state index in [0.29, 0.717) is 5.92 Å². The van der Waals surface area contributed by atoms with Gasteiger partial charge in [-0.2, -0.15) is 5.10 Å². The molecule has 0 bridgehead atoms. The van der Waals surface area contributed by atoms with Crippen molar-refractivity contribution in [2.24, 2.45) is 11.8 Å². The third-order valence-electron chi connectivity index (χ3n) is 3.59. The minimum absolute atomic E-state index is 0.241. The quantitative estimate of drug-likeness (QED) is 0.495. The van der Waals surface area contributed by atoms with Gasteiger partial charge in [0.25, 0.3) is 0 Å². The second-order valence-corrected chi connectivity index (χ2v) is 5.64. The molecule has 0 aliphatic rings. The van der Waals surface area contributed by atoms with Crippen LogP contribution in [0.5, 0.6) is 0 Å². The Bertz CT molecular complexity index is 358.